The summed E-state index contributed by atoms with van der Waals surface area (Å²) in [5, 5.41) is 0. The molecule has 0 heterocycles. The molecule has 0 radical (unpaired) electrons. The second-order valence-corrected chi connectivity index (χ2v) is 10.3. The third-order valence-electron chi connectivity index (χ3n) is 2.51. The third-order valence-corrected chi connectivity index (χ3v) is 6.79. The van der Waals surface area contributed by atoms with Crippen LogP contribution in [0.2, 0.25) is 0 Å². The maximum atomic E-state index is 11.7. The molecule has 0 unspecified atom stereocenters. The molecule has 0 rings (SSSR count). The smallest absolute Gasteiger partial charge is 0.267 e. The fourth-order valence-corrected chi connectivity index (χ4v) is 4.66. The zero-order chi connectivity index (χ0) is 18.9. The molecule has 12 heteroatoms. The van der Waals surface area contributed by atoms with Crippen LogP contribution < -0.4 is 0 Å². The van der Waals surface area contributed by atoms with Crippen molar-refractivity contribution in [2.24, 2.45) is 0 Å². The fraction of sp³-hybridized carbons (Fsp3) is 1.00. The molecule has 0 N–H and O–H groups in total. The van der Waals surface area contributed by atoms with Crippen molar-refractivity contribution in [2.45, 2.75) is 46.1 Å². The molecule has 0 fully saturated rings. The average Bonchev–Trinajstić information content (AvgIpc) is 2.41. The first-order valence-corrected chi connectivity index (χ1v) is 12.3. The first-order chi connectivity index (χ1) is 11.0. The van der Waals surface area contributed by atoms with Gasteiger partial charge in [-0.1, -0.05) is 20.8 Å². The van der Waals surface area contributed by atoms with E-state index in [1.54, 1.807) is 20.8 Å². The molecule has 0 spiro atoms. The standard InChI is InChI=1S/C12H26O9S3/c1-4-7-22(13,14)19-10-12(21-24(17,18)9-6-3)11-20-23(15,16)8-5-2/h12H,4-11H2,1-3H3. The van der Waals surface area contributed by atoms with Crippen LogP contribution in [0, 0.1) is 0 Å². The van der Waals surface area contributed by atoms with Crippen molar-refractivity contribution in [2.75, 3.05) is 30.5 Å². The first-order valence-electron chi connectivity index (χ1n) is 7.62. The van der Waals surface area contributed by atoms with Crippen molar-refractivity contribution >= 4 is 30.4 Å². The lowest BCUT2D eigenvalue weighted by Crippen LogP contribution is -2.32. The Hall–Kier alpha value is -0.270. The molecule has 0 aromatic rings. The van der Waals surface area contributed by atoms with E-state index in [4.69, 9.17) is 4.18 Å². The van der Waals surface area contributed by atoms with Crippen molar-refractivity contribution in [3.63, 3.8) is 0 Å². The summed E-state index contributed by atoms with van der Waals surface area (Å²) in [5.74, 6) is -0.764. The number of hydrogen-bond donors (Lipinski definition) is 0. The Morgan fingerprint density at radius 3 is 1.29 bits per heavy atom. The van der Waals surface area contributed by atoms with Gasteiger partial charge in [0, 0.05) is 0 Å². The van der Waals surface area contributed by atoms with Gasteiger partial charge >= 0.3 is 0 Å². The quantitative estimate of drug-likeness (QED) is 0.378. The molecule has 0 amide bonds. The Kier molecular flexibility index (Phi) is 10.5. The van der Waals surface area contributed by atoms with Gasteiger partial charge in [-0.25, -0.2) is 0 Å². The van der Waals surface area contributed by atoms with Gasteiger partial charge in [-0.2, -0.15) is 25.3 Å². The lowest BCUT2D eigenvalue weighted by molar-refractivity contribution is 0.0910. The molecule has 0 atom stereocenters. The number of hydrogen-bond acceptors (Lipinski definition) is 9. The second-order valence-electron chi connectivity index (χ2n) is 5.07. The van der Waals surface area contributed by atoms with Gasteiger partial charge in [0.1, 0.15) is 6.10 Å². The van der Waals surface area contributed by atoms with E-state index in [-0.39, 0.29) is 17.3 Å². The molecule has 0 aromatic carbocycles. The maximum absolute atomic E-state index is 11.7. The van der Waals surface area contributed by atoms with Crippen molar-refractivity contribution in [1.82, 2.24) is 0 Å². The van der Waals surface area contributed by atoms with Crippen LogP contribution in [0.3, 0.4) is 0 Å². The Morgan fingerprint density at radius 2 is 0.958 bits per heavy atom. The van der Waals surface area contributed by atoms with E-state index in [0.717, 1.165) is 0 Å². The van der Waals surface area contributed by atoms with Gasteiger partial charge in [0.2, 0.25) is 0 Å². The maximum Gasteiger partial charge on any atom is 0.267 e. The highest BCUT2D eigenvalue weighted by Gasteiger charge is 2.24. The summed E-state index contributed by atoms with van der Waals surface area (Å²) in [6.07, 6.45) is -0.439. The largest absolute Gasteiger partial charge is 0.267 e. The predicted octanol–water partition coefficient (Wildman–Crippen LogP) is 0.624. The van der Waals surface area contributed by atoms with Gasteiger partial charge in [0.15, 0.2) is 0 Å². The third kappa shape index (κ3) is 11.3. The molecule has 0 saturated heterocycles. The zero-order valence-electron chi connectivity index (χ0n) is 14.1. The Labute approximate surface area is 145 Å². The van der Waals surface area contributed by atoms with Gasteiger partial charge in [0.05, 0.1) is 30.5 Å². The van der Waals surface area contributed by atoms with Crippen LogP contribution in [0.25, 0.3) is 0 Å². The number of rotatable bonds is 14. The van der Waals surface area contributed by atoms with E-state index < -0.39 is 49.7 Å². The summed E-state index contributed by atoms with van der Waals surface area (Å²) in [6, 6.07) is 0. The zero-order valence-corrected chi connectivity index (χ0v) is 16.6. The summed E-state index contributed by atoms with van der Waals surface area (Å²) in [4.78, 5) is 0. The van der Waals surface area contributed by atoms with Crippen LogP contribution in [0.5, 0.6) is 0 Å². The minimum absolute atomic E-state index is 0.240. The molecular weight excluding hydrogens is 384 g/mol. The van der Waals surface area contributed by atoms with Crippen LogP contribution in [0.15, 0.2) is 0 Å². The first kappa shape index (κ1) is 23.7. The van der Waals surface area contributed by atoms with Crippen molar-refractivity contribution < 1.29 is 37.8 Å². The van der Waals surface area contributed by atoms with Crippen LogP contribution >= 0.6 is 0 Å². The van der Waals surface area contributed by atoms with E-state index >= 15 is 0 Å². The summed E-state index contributed by atoms with van der Waals surface area (Å²) in [7, 11) is -11.6. The second kappa shape index (κ2) is 10.7. The SMILES string of the molecule is CCCS(=O)(=O)OCC(COS(=O)(=O)CCC)OS(=O)(=O)CCC. The Balaban J connectivity index is 4.96. The minimum Gasteiger partial charge on any atom is -0.267 e. The van der Waals surface area contributed by atoms with Gasteiger partial charge in [-0.05, 0) is 19.3 Å². The lowest BCUT2D eigenvalue weighted by atomic mass is 10.4. The summed E-state index contributed by atoms with van der Waals surface area (Å²) < 4.78 is 83.8. The minimum atomic E-state index is -3.94. The van der Waals surface area contributed by atoms with E-state index in [0.29, 0.717) is 19.3 Å². The van der Waals surface area contributed by atoms with Gasteiger partial charge < -0.3 is 0 Å². The van der Waals surface area contributed by atoms with E-state index in [1.807, 2.05) is 0 Å². The molecular formula is C12H26O9S3. The van der Waals surface area contributed by atoms with Gasteiger partial charge in [-0.15, -0.1) is 0 Å². The molecule has 0 aliphatic carbocycles. The van der Waals surface area contributed by atoms with Crippen LogP contribution in [-0.4, -0.2) is 61.8 Å². The molecule has 146 valence electrons. The summed E-state index contributed by atoms with van der Waals surface area (Å²) >= 11 is 0. The molecule has 0 bridgehead atoms. The monoisotopic (exact) mass is 410 g/mol. The van der Waals surface area contributed by atoms with E-state index in [9.17, 15) is 25.3 Å². The average molecular weight is 411 g/mol. The Bertz CT molecular complexity index is 610. The van der Waals surface area contributed by atoms with Crippen molar-refractivity contribution in [3.8, 4) is 0 Å². The topological polar surface area (TPSA) is 130 Å². The van der Waals surface area contributed by atoms with E-state index in [2.05, 4.69) is 8.37 Å². The van der Waals surface area contributed by atoms with Gasteiger partial charge in [-0.3, -0.25) is 12.5 Å². The van der Waals surface area contributed by atoms with Crippen LogP contribution in [0.1, 0.15) is 40.0 Å². The normalized spacial score (nSPS) is 13.5. The molecule has 0 aliphatic heterocycles. The van der Waals surface area contributed by atoms with Crippen LogP contribution in [0.4, 0.5) is 0 Å². The van der Waals surface area contributed by atoms with Crippen molar-refractivity contribution in [3.05, 3.63) is 0 Å². The highest BCUT2D eigenvalue weighted by Crippen LogP contribution is 2.09. The van der Waals surface area contributed by atoms with Crippen LogP contribution in [-0.2, 0) is 42.9 Å². The highest BCUT2D eigenvalue weighted by molar-refractivity contribution is 7.87. The molecule has 0 saturated carbocycles. The lowest BCUT2D eigenvalue weighted by Gasteiger charge is -2.17. The molecule has 0 aliphatic rings. The molecule has 24 heavy (non-hydrogen) atoms. The summed E-state index contributed by atoms with van der Waals surface area (Å²) in [5.41, 5.74) is 0. The highest BCUT2D eigenvalue weighted by atomic mass is 32.2. The molecule has 9 nitrogen and oxygen atoms in total. The van der Waals surface area contributed by atoms with Gasteiger partial charge in [0.25, 0.3) is 30.4 Å². The van der Waals surface area contributed by atoms with E-state index in [1.165, 1.54) is 0 Å². The fourth-order valence-electron chi connectivity index (χ4n) is 1.59. The summed E-state index contributed by atoms with van der Waals surface area (Å²) in [6.45, 7) is 3.61. The molecule has 0 aromatic heterocycles. The Morgan fingerprint density at radius 1 is 0.625 bits per heavy atom. The predicted molar refractivity (Wildman–Crippen MR) is 89.0 cm³/mol. The van der Waals surface area contributed by atoms with Crippen molar-refractivity contribution in [1.29, 1.82) is 0 Å².